The summed E-state index contributed by atoms with van der Waals surface area (Å²) < 4.78 is 7.47. The van der Waals surface area contributed by atoms with Gasteiger partial charge < -0.3 is 4.74 Å². The molecule has 5 rings (SSSR count). The highest BCUT2D eigenvalue weighted by Crippen LogP contribution is 2.33. The van der Waals surface area contributed by atoms with E-state index in [0.717, 1.165) is 40.2 Å². The molecule has 37 heavy (non-hydrogen) atoms. The van der Waals surface area contributed by atoms with Crippen LogP contribution in [-0.4, -0.2) is 26.6 Å². The molecule has 0 spiro atoms. The molecular weight excluding hydrogens is 486 g/mol. The molecule has 1 aromatic heterocycles. The summed E-state index contributed by atoms with van der Waals surface area (Å²) in [6, 6.07) is 23.0. The van der Waals surface area contributed by atoms with Crippen LogP contribution in [0.4, 0.5) is 4.79 Å². The summed E-state index contributed by atoms with van der Waals surface area (Å²) in [6.07, 6.45) is 1.92. The fourth-order valence-corrected chi connectivity index (χ4v) is 4.56. The van der Waals surface area contributed by atoms with Gasteiger partial charge in [-0.1, -0.05) is 85.8 Å². The number of hydrogen-bond donors (Lipinski definition) is 1. The molecule has 0 saturated carbocycles. The molecule has 3 aromatic carbocycles. The summed E-state index contributed by atoms with van der Waals surface area (Å²) in [5.74, 6) is 1.27. The van der Waals surface area contributed by atoms with E-state index in [1.54, 1.807) is 6.08 Å². The number of amides is 1. The van der Waals surface area contributed by atoms with Crippen LogP contribution < -0.4 is 5.32 Å². The normalized spacial score (nSPS) is 14.1. The molecule has 4 aromatic rings. The van der Waals surface area contributed by atoms with Gasteiger partial charge in [0, 0.05) is 22.6 Å². The molecule has 1 atom stereocenters. The Morgan fingerprint density at radius 3 is 2.65 bits per heavy atom. The molecule has 0 saturated heterocycles. The number of nitrogens with one attached hydrogen (secondary N) is 1. The van der Waals surface area contributed by atoms with Crippen LogP contribution in [0.25, 0.3) is 11.8 Å². The summed E-state index contributed by atoms with van der Waals surface area (Å²) in [6.45, 7) is 6.19. The Hall–Kier alpha value is -4.23. The van der Waals surface area contributed by atoms with Gasteiger partial charge in [-0.3, -0.25) is 14.9 Å². The first kappa shape index (κ1) is 24.5. The molecule has 1 amide bonds. The van der Waals surface area contributed by atoms with Gasteiger partial charge in [-0.25, -0.2) is 4.79 Å². The van der Waals surface area contributed by atoms with E-state index in [9.17, 15) is 4.79 Å². The molecule has 1 N–H and O–H groups in total. The van der Waals surface area contributed by atoms with Gasteiger partial charge in [0.1, 0.15) is 12.4 Å². The maximum Gasteiger partial charge on any atom is 0.409 e. The van der Waals surface area contributed by atoms with Crippen LogP contribution in [0.1, 0.15) is 53.4 Å². The quantitative estimate of drug-likeness (QED) is 0.316. The average molecular weight is 512 g/mol. The van der Waals surface area contributed by atoms with Gasteiger partial charge >= 0.3 is 6.09 Å². The van der Waals surface area contributed by atoms with Crippen molar-refractivity contribution in [3.8, 4) is 5.69 Å². The van der Waals surface area contributed by atoms with Crippen LogP contribution in [0, 0.1) is 0 Å². The van der Waals surface area contributed by atoms with Crippen molar-refractivity contribution in [1.82, 2.24) is 20.1 Å². The second-order valence-corrected chi connectivity index (χ2v) is 9.04. The third kappa shape index (κ3) is 5.04. The zero-order chi connectivity index (χ0) is 25.8. The number of nitrogens with zero attached hydrogens (tertiary/aromatic N) is 4. The molecule has 0 radical (unpaired) electrons. The minimum atomic E-state index is -0.847. The number of halogens is 1. The fourth-order valence-electron chi connectivity index (χ4n) is 4.38. The first-order valence-electron chi connectivity index (χ1n) is 12.1. The van der Waals surface area contributed by atoms with E-state index in [4.69, 9.17) is 21.3 Å². The first-order valence-corrected chi connectivity index (χ1v) is 12.5. The van der Waals surface area contributed by atoms with Crippen molar-refractivity contribution in [2.24, 2.45) is 4.99 Å². The van der Waals surface area contributed by atoms with Gasteiger partial charge in [0.05, 0.1) is 11.4 Å². The van der Waals surface area contributed by atoms with E-state index in [0.29, 0.717) is 23.0 Å². The molecule has 8 heteroatoms. The van der Waals surface area contributed by atoms with Gasteiger partial charge in [-0.2, -0.15) is 0 Å². The molecule has 1 aliphatic heterocycles. The monoisotopic (exact) mass is 511 g/mol. The van der Waals surface area contributed by atoms with Crippen LogP contribution in [0.2, 0.25) is 5.02 Å². The second-order valence-electron chi connectivity index (χ2n) is 8.60. The number of benzene rings is 3. The van der Waals surface area contributed by atoms with Crippen molar-refractivity contribution in [1.29, 1.82) is 0 Å². The van der Waals surface area contributed by atoms with Crippen LogP contribution in [0.3, 0.4) is 0 Å². The standard InChI is InChI=1S/C29H26ClN5O2/c1-3-10-25-33-34-28-27(32-29(36)37-18-19-11-6-5-7-12-19)31-26(22-14-9-8-13-20(22)4-2)23-17-21(30)15-16-24(23)35(25)28/h4-9,11-17,27H,2-3,10,18H2,1H3,(H,32,36). The van der Waals surface area contributed by atoms with Crippen molar-refractivity contribution in [2.75, 3.05) is 0 Å². The average Bonchev–Trinajstić information content (AvgIpc) is 3.28. The van der Waals surface area contributed by atoms with E-state index in [2.05, 4.69) is 29.0 Å². The zero-order valence-electron chi connectivity index (χ0n) is 20.4. The number of hydrogen-bond acceptors (Lipinski definition) is 5. The van der Waals surface area contributed by atoms with Gasteiger partial charge in [0.2, 0.25) is 0 Å². The SMILES string of the molecule is C=Cc1ccccc1C1=NC(NC(=O)OCc2ccccc2)c2nnc(CCC)n2-c2ccc(Cl)cc21. The number of aliphatic imine (C=N–C) groups is 1. The van der Waals surface area contributed by atoms with E-state index in [-0.39, 0.29) is 6.61 Å². The Morgan fingerprint density at radius 1 is 1.08 bits per heavy atom. The first-order chi connectivity index (χ1) is 18.1. The summed E-state index contributed by atoms with van der Waals surface area (Å²) in [7, 11) is 0. The highest BCUT2D eigenvalue weighted by atomic mass is 35.5. The summed E-state index contributed by atoms with van der Waals surface area (Å²) in [4.78, 5) is 18.0. The highest BCUT2D eigenvalue weighted by molar-refractivity contribution is 6.31. The number of fused-ring (bicyclic) bond motifs is 3. The van der Waals surface area contributed by atoms with Crippen molar-refractivity contribution >= 4 is 29.5 Å². The molecule has 1 aliphatic rings. The Labute approximate surface area is 220 Å². The lowest BCUT2D eigenvalue weighted by Crippen LogP contribution is -2.30. The Morgan fingerprint density at radius 2 is 1.86 bits per heavy atom. The molecule has 7 nitrogen and oxygen atoms in total. The number of aromatic nitrogens is 3. The van der Waals surface area contributed by atoms with Gasteiger partial charge in [0.15, 0.2) is 12.0 Å². The Balaban J connectivity index is 1.62. The minimum Gasteiger partial charge on any atom is -0.445 e. The number of alkyl carbamates (subject to hydrolysis) is 1. The molecular formula is C29H26ClN5O2. The van der Waals surface area contributed by atoms with Crippen LogP contribution in [-0.2, 0) is 17.8 Å². The minimum absolute atomic E-state index is 0.138. The van der Waals surface area contributed by atoms with E-state index in [1.165, 1.54) is 0 Å². The maximum atomic E-state index is 12.9. The van der Waals surface area contributed by atoms with E-state index >= 15 is 0 Å². The Bertz CT molecular complexity index is 1480. The third-order valence-electron chi connectivity index (χ3n) is 6.09. The number of rotatable bonds is 7. The largest absolute Gasteiger partial charge is 0.445 e. The van der Waals surface area contributed by atoms with Crippen molar-refractivity contribution in [2.45, 2.75) is 32.5 Å². The molecule has 0 bridgehead atoms. The Kier molecular flexibility index (Phi) is 7.14. The lowest BCUT2D eigenvalue weighted by Gasteiger charge is -2.15. The molecule has 1 unspecified atom stereocenters. The van der Waals surface area contributed by atoms with E-state index in [1.807, 2.05) is 77.4 Å². The summed E-state index contributed by atoms with van der Waals surface area (Å²) >= 11 is 6.47. The lowest BCUT2D eigenvalue weighted by molar-refractivity contribution is 0.135. The second kappa shape index (κ2) is 10.8. The number of carbonyl (C=O) groups is 1. The predicted octanol–water partition coefficient (Wildman–Crippen LogP) is 6.29. The van der Waals surface area contributed by atoms with Crippen LogP contribution in [0.15, 0.2) is 84.4 Å². The number of carbonyl (C=O) groups excluding carboxylic acids is 1. The maximum absolute atomic E-state index is 12.9. The molecule has 0 aliphatic carbocycles. The highest BCUT2D eigenvalue weighted by Gasteiger charge is 2.31. The third-order valence-corrected chi connectivity index (χ3v) is 6.32. The zero-order valence-corrected chi connectivity index (χ0v) is 21.2. The van der Waals surface area contributed by atoms with Crippen LogP contribution >= 0.6 is 11.6 Å². The van der Waals surface area contributed by atoms with Crippen LogP contribution in [0.5, 0.6) is 0 Å². The topological polar surface area (TPSA) is 81.4 Å². The predicted molar refractivity (Wildman–Crippen MR) is 145 cm³/mol. The fraction of sp³-hybridized carbons (Fsp3) is 0.172. The summed E-state index contributed by atoms with van der Waals surface area (Å²) in [5, 5.41) is 12.4. The molecule has 186 valence electrons. The smallest absolute Gasteiger partial charge is 0.409 e. The molecule has 2 heterocycles. The molecule has 0 fully saturated rings. The number of aryl methyl sites for hydroxylation is 1. The van der Waals surface area contributed by atoms with Gasteiger partial charge in [-0.15, -0.1) is 10.2 Å². The summed E-state index contributed by atoms with van der Waals surface area (Å²) in [5.41, 5.74) is 4.96. The van der Waals surface area contributed by atoms with Crippen molar-refractivity contribution in [3.05, 3.63) is 118 Å². The number of ether oxygens (including phenoxy) is 1. The van der Waals surface area contributed by atoms with Crippen molar-refractivity contribution in [3.63, 3.8) is 0 Å². The van der Waals surface area contributed by atoms with Gasteiger partial charge in [0.25, 0.3) is 0 Å². The lowest BCUT2D eigenvalue weighted by atomic mass is 9.96. The van der Waals surface area contributed by atoms with Crippen molar-refractivity contribution < 1.29 is 9.53 Å². The van der Waals surface area contributed by atoms with Gasteiger partial charge in [-0.05, 0) is 35.7 Å². The van der Waals surface area contributed by atoms with E-state index < -0.39 is 12.3 Å².